The van der Waals surface area contributed by atoms with Gasteiger partial charge in [-0.3, -0.25) is 4.79 Å². The molecule has 1 fully saturated rings. The predicted molar refractivity (Wildman–Crippen MR) is 90.9 cm³/mol. The molecule has 0 spiro atoms. The van der Waals surface area contributed by atoms with Gasteiger partial charge in [-0.2, -0.15) is 4.31 Å². The second-order valence-corrected chi connectivity index (χ2v) is 10.1. The van der Waals surface area contributed by atoms with Crippen molar-refractivity contribution in [3.8, 4) is 0 Å². The summed E-state index contributed by atoms with van der Waals surface area (Å²) < 4.78 is 26.1. The maximum atomic E-state index is 12.3. The molecule has 1 aromatic heterocycles. The van der Waals surface area contributed by atoms with Crippen molar-refractivity contribution >= 4 is 32.4 Å². The fraction of sp³-hybridized carbons (Fsp3) is 0.733. The molecule has 23 heavy (non-hydrogen) atoms. The van der Waals surface area contributed by atoms with E-state index in [1.165, 1.54) is 15.6 Å². The van der Waals surface area contributed by atoms with E-state index >= 15 is 0 Å². The van der Waals surface area contributed by atoms with Crippen molar-refractivity contribution in [2.45, 2.75) is 57.7 Å². The van der Waals surface area contributed by atoms with Gasteiger partial charge in [-0.15, -0.1) is 11.3 Å². The summed E-state index contributed by atoms with van der Waals surface area (Å²) in [5.74, 6) is 0.161. The van der Waals surface area contributed by atoms with E-state index < -0.39 is 15.3 Å². The molecule has 1 saturated carbocycles. The van der Waals surface area contributed by atoms with Crippen molar-refractivity contribution in [2.24, 2.45) is 5.92 Å². The van der Waals surface area contributed by atoms with Gasteiger partial charge < -0.3 is 5.32 Å². The summed E-state index contributed by atoms with van der Waals surface area (Å²) >= 11 is 1.40. The molecular weight excluding hydrogens is 334 g/mol. The number of aromatic nitrogens is 1. The Hall–Kier alpha value is -0.990. The van der Waals surface area contributed by atoms with Crippen molar-refractivity contribution in [2.75, 3.05) is 11.9 Å². The number of carbonyl (C=O) groups is 1. The maximum Gasteiger partial charge on any atom is 0.229 e. The van der Waals surface area contributed by atoms with Gasteiger partial charge in [-0.1, -0.05) is 12.8 Å². The largest absolute Gasteiger partial charge is 0.302 e. The second kappa shape index (κ2) is 6.49. The molecule has 6 nitrogen and oxygen atoms in total. The second-order valence-electron chi connectivity index (χ2n) is 6.54. The highest BCUT2D eigenvalue weighted by molar-refractivity contribution is 7.89. The molecule has 0 aromatic carbocycles. The maximum absolute atomic E-state index is 12.3. The lowest BCUT2D eigenvalue weighted by molar-refractivity contribution is -0.119. The lowest BCUT2D eigenvalue weighted by Crippen LogP contribution is -2.39. The number of nitrogens with zero attached hydrogens (tertiary/aromatic N) is 2. The van der Waals surface area contributed by atoms with Crippen LogP contribution in [-0.2, 0) is 27.8 Å². The van der Waals surface area contributed by atoms with Crippen LogP contribution in [0.25, 0.3) is 0 Å². The lowest BCUT2D eigenvalue weighted by Gasteiger charge is -2.26. The first-order chi connectivity index (χ1) is 10.9. The van der Waals surface area contributed by atoms with Crippen molar-refractivity contribution in [3.05, 3.63) is 10.6 Å². The molecule has 1 N–H and O–H groups in total. The Morgan fingerprint density at radius 1 is 1.35 bits per heavy atom. The summed E-state index contributed by atoms with van der Waals surface area (Å²) in [6, 6.07) is 0. The highest BCUT2D eigenvalue weighted by Gasteiger charge is 2.31. The third kappa shape index (κ3) is 3.44. The number of carbonyl (C=O) groups excluding carboxylic acids is 1. The van der Waals surface area contributed by atoms with Gasteiger partial charge in [0.05, 0.1) is 10.9 Å². The van der Waals surface area contributed by atoms with E-state index in [0.717, 1.165) is 36.3 Å². The summed E-state index contributed by atoms with van der Waals surface area (Å²) in [4.78, 5) is 17.6. The Morgan fingerprint density at radius 2 is 2.04 bits per heavy atom. The molecular formula is C15H23N3O3S2. The minimum absolute atomic E-state index is 0.0558. The number of rotatable bonds is 4. The number of hydrogen-bond donors (Lipinski definition) is 1. The zero-order valence-corrected chi connectivity index (χ0v) is 15.2. The van der Waals surface area contributed by atoms with E-state index in [1.54, 1.807) is 13.8 Å². The third-order valence-corrected chi connectivity index (χ3v) is 7.83. The van der Waals surface area contributed by atoms with Crippen LogP contribution in [0, 0.1) is 5.92 Å². The summed E-state index contributed by atoms with van der Waals surface area (Å²) in [6.45, 7) is 4.23. The Morgan fingerprint density at radius 3 is 2.70 bits per heavy atom. The van der Waals surface area contributed by atoms with Gasteiger partial charge in [0.15, 0.2) is 5.13 Å². The van der Waals surface area contributed by atoms with E-state index in [-0.39, 0.29) is 11.8 Å². The van der Waals surface area contributed by atoms with Gasteiger partial charge in [0.25, 0.3) is 0 Å². The molecule has 2 aliphatic rings. The van der Waals surface area contributed by atoms with Crippen molar-refractivity contribution in [1.82, 2.24) is 9.29 Å². The first-order valence-electron chi connectivity index (χ1n) is 8.16. The van der Waals surface area contributed by atoms with Gasteiger partial charge in [0, 0.05) is 30.3 Å². The Labute approximate surface area is 141 Å². The SMILES string of the molecule is CC(C)S(=O)(=O)N1CCc2nc(NC(=O)C3CCCC3)sc2C1. The fourth-order valence-corrected chi connectivity index (χ4v) is 5.50. The van der Waals surface area contributed by atoms with E-state index in [9.17, 15) is 13.2 Å². The molecule has 2 heterocycles. The van der Waals surface area contributed by atoms with E-state index in [0.29, 0.717) is 24.6 Å². The van der Waals surface area contributed by atoms with E-state index in [1.807, 2.05) is 0 Å². The van der Waals surface area contributed by atoms with Gasteiger partial charge >= 0.3 is 0 Å². The van der Waals surface area contributed by atoms with Crippen LogP contribution in [0.4, 0.5) is 5.13 Å². The Balaban J connectivity index is 1.70. The molecule has 8 heteroatoms. The summed E-state index contributed by atoms with van der Waals surface area (Å²) in [7, 11) is -3.24. The summed E-state index contributed by atoms with van der Waals surface area (Å²) in [5, 5.41) is 3.11. The highest BCUT2D eigenvalue weighted by Crippen LogP contribution is 2.32. The van der Waals surface area contributed by atoms with Crippen molar-refractivity contribution in [3.63, 3.8) is 0 Å². The molecule has 1 aromatic rings. The van der Waals surface area contributed by atoms with Crippen LogP contribution in [0.1, 0.15) is 50.1 Å². The fourth-order valence-electron chi connectivity index (χ4n) is 3.14. The number of sulfonamides is 1. The lowest BCUT2D eigenvalue weighted by atomic mass is 10.1. The molecule has 1 amide bonds. The number of amides is 1. The van der Waals surface area contributed by atoms with Crippen LogP contribution in [0.15, 0.2) is 0 Å². The average molecular weight is 358 g/mol. The van der Waals surface area contributed by atoms with Crippen LogP contribution in [0.3, 0.4) is 0 Å². The number of anilines is 1. The van der Waals surface area contributed by atoms with Crippen molar-refractivity contribution in [1.29, 1.82) is 0 Å². The first kappa shape index (κ1) is 16.9. The Bertz CT molecular complexity index is 691. The number of fused-ring (bicyclic) bond motifs is 1. The molecule has 1 aliphatic heterocycles. The highest BCUT2D eigenvalue weighted by atomic mass is 32.2. The molecule has 128 valence electrons. The quantitative estimate of drug-likeness (QED) is 0.897. The molecule has 0 radical (unpaired) electrons. The van der Waals surface area contributed by atoms with Crippen LogP contribution in [0.5, 0.6) is 0 Å². The molecule has 0 saturated heterocycles. The molecule has 0 unspecified atom stereocenters. The minimum Gasteiger partial charge on any atom is -0.302 e. The van der Waals surface area contributed by atoms with Gasteiger partial charge in [-0.25, -0.2) is 13.4 Å². The number of hydrogen-bond acceptors (Lipinski definition) is 5. The zero-order valence-electron chi connectivity index (χ0n) is 13.5. The normalized spacial score (nSPS) is 20.0. The predicted octanol–water partition coefficient (Wildman–Crippen LogP) is 2.37. The van der Waals surface area contributed by atoms with Crippen LogP contribution in [-0.4, -0.2) is 35.4 Å². The van der Waals surface area contributed by atoms with Crippen LogP contribution in [0.2, 0.25) is 0 Å². The average Bonchev–Trinajstić information content (AvgIpc) is 3.15. The standard InChI is InChI=1S/C15H23N3O3S2/c1-10(2)23(20,21)18-8-7-12-13(9-18)22-15(16-12)17-14(19)11-5-3-4-6-11/h10-11H,3-9H2,1-2H3,(H,16,17,19). The molecule has 0 bridgehead atoms. The van der Waals surface area contributed by atoms with Gasteiger partial charge in [0.2, 0.25) is 15.9 Å². The van der Waals surface area contributed by atoms with Gasteiger partial charge in [-0.05, 0) is 26.7 Å². The first-order valence-corrected chi connectivity index (χ1v) is 10.5. The number of nitrogens with one attached hydrogen (secondary N) is 1. The summed E-state index contributed by atoms with van der Waals surface area (Å²) in [6.07, 6.45) is 4.76. The van der Waals surface area contributed by atoms with E-state index in [4.69, 9.17) is 0 Å². The third-order valence-electron chi connectivity index (χ3n) is 4.61. The van der Waals surface area contributed by atoms with Crippen LogP contribution >= 0.6 is 11.3 Å². The van der Waals surface area contributed by atoms with E-state index in [2.05, 4.69) is 10.3 Å². The topological polar surface area (TPSA) is 79.4 Å². The monoisotopic (exact) mass is 357 g/mol. The molecule has 1 aliphatic carbocycles. The molecule has 3 rings (SSSR count). The van der Waals surface area contributed by atoms with Crippen molar-refractivity contribution < 1.29 is 13.2 Å². The zero-order chi connectivity index (χ0) is 16.6. The number of thiazole rings is 1. The summed E-state index contributed by atoms with van der Waals surface area (Å²) in [5.41, 5.74) is 0.923. The van der Waals surface area contributed by atoms with Crippen LogP contribution < -0.4 is 5.32 Å². The smallest absolute Gasteiger partial charge is 0.229 e. The minimum atomic E-state index is -3.24. The van der Waals surface area contributed by atoms with Gasteiger partial charge in [0.1, 0.15) is 0 Å². The Kier molecular flexibility index (Phi) is 4.75. The molecule has 0 atom stereocenters.